The number of rotatable bonds is 6. The van der Waals surface area contributed by atoms with E-state index < -0.39 is 0 Å². The van der Waals surface area contributed by atoms with Crippen molar-refractivity contribution >= 4 is 23.2 Å². The van der Waals surface area contributed by atoms with Crippen molar-refractivity contribution in [2.45, 2.75) is 13.3 Å². The van der Waals surface area contributed by atoms with Gasteiger partial charge >= 0.3 is 0 Å². The first kappa shape index (κ1) is 14.3. The van der Waals surface area contributed by atoms with Crippen LogP contribution >= 0.6 is 11.3 Å². The van der Waals surface area contributed by atoms with Crippen molar-refractivity contribution in [3.05, 3.63) is 39.9 Å². The molecule has 2 N–H and O–H groups in total. The number of aryl methyl sites for hydroxylation is 1. The van der Waals surface area contributed by atoms with Gasteiger partial charge in [0.05, 0.1) is 4.88 Å². The van der Waals surface area contributed by atoms with Crippen molar-refractivity contribution in [2.24, 2.45) is 0 Å². The van der Waals surface area contributed by atoms with Gasteiger partial charge in [-0.15, -0.1) is 11.3 Å². The molecular weight excluding hydrogens is 278 g/mol. The number of thiophene rings is 1. The van der Waals surface area contributed by atoms with Crippen molar-refractivity contribution in [3.8, 4) is 0 Å². The molecule has 2 aromatic heterocycles. The molecule has 0 fully saturated rings. The molecule has 0 bridgehead atoms. The molecule has 0 aliphatic carbocycles. The molecule has 0 unspecified atom stereocenters. The Morgan fingerprint density at radius 1 is 1.30 bits per heavy atom. The second kappa shape index (κ2) is 6.85. The predicted octanol–water partition coefficient (Wildman–Crippen LogP) is 1.59. The van der Waals surface area contributed by atoms with Crippen LogP contribution in [0.25, 0.3) is 0 Å². The fourth-order valence-corrected chi connectivity index (χ4v) is 2.19. The number of carbonyl (C=O) groups excluding carboxylic acids is 2. The maximum atomic E-state index is 11.6. The molecule has 0 radical (unpaired) electrons. The van der Waals surface area contributed by atoms with Crippen LogP contribution in [0, 0.1) is 6.92 Å². The minimum absolute atomic E-state index is 0.0848. The molecule has 7 heteroatoms. The summed E-state index contributed by atoms with van der Waals surface area (Å²) in [6.07, 6.45) is 0.652. The van der Waals surface area contributed by atoms with Gasteiger partial charge in [-0.25, -0.2) is 0 Å². The highest BCUT2D eigenvalue weighted by Crippen LogP contribution is 2.07. The molecule has 0 saturated heterocycles. The van der Waals surface area contributed by atoms with Crippen molar-refractivity contribution in [1.29, 1.82) is 0 Å². The minimum Gasteiger partial charge on any atom is -0.361 e. The molecular formula is C13H15N3O3S. The zero-order chi connectivity index (χ0) is 14.4. The lowest BCUT2D eigenvalue weighted by Gasteiger charge is -2.04. The van der Waals surface area contributed by atoms with Crippen molar-refractivity contribution in [2.75, 3.05) is 13.1 Å². The minimum atomic E-state index is -0.272. The van der Waals surface area contributed by atoms with Gasteiger partial charge in [-0.3, -0.25) is 9.59 Å². The highest BCUT2D eigenvalue weighted by atomic mass is 32.1. The van der Waals surface area contributed by atoms with Crippen molar-refractivity contribution < 1.29 is 14.1 Å². The summed E-state index contributed by atoms with van der Waals surface area (Å²) in [6, 6.07) is 5.18. The molecule has 2 aromatic rings. The van der Waals surface area contributed by atoms with Crippen LogP contribution < -0.4 is 10.6 Å². The molecule has 0 saturated carbocycles. The van der Waals surface area contributed by atoms with Crippen LogP contribution in [0.3, 0.4) is 0 Å². The first-order chi connectivity index (χ1) is 9.66. The summed E-state index contributed by atoms with van der Waals surface area (Å²) in [6.45, 7) is 2.70. The molecule has 20 heavy (non-hydrogen) atoms. The molecule has 0 aromatic carbocycles. The van der Waals surface area contributed by atoms with Crippen LogP contribution in [0.15, 0.2) is 28.1 Å². The van der Waals surface area contributed by atoms with Crippen LogP contribution in [-0.2, 0) is 0 Å². The van der Waals surface area contributed by atoms with Gasteiger partial charge < -0.3 is 15.2 Å². The number of amides is 2. The van der Waals surface area contributed by atoms with E-state index >= 15 is 0 Å². The van der Waals surface area contributed by atoms with E-state index in [2.05, 4.69) is 15.8 Å². The topological polar surface area (TPSA) is 84.2 Å². The standard InChI is InChI=1S/C13H15N3O3S/c1-9-8-10(16-19-9)12(17)14-5-3-6-15-13(18)11-4-2-7-20-11/h2,4,7-8H,3,5-6H2,1H3,(H,14,17)(H,15,18). The van der Waals surface area contributed by atoms with Crippen LogP contribution in [0.1, 0.15) is 32.3 Å². The first-order valence-electron chi connectivity index (χ1n) is 6.20. The summed E-state index contributed by atoms with van der Waals surface area (Å²) < 4.78 is 4.82. The van der Waals surface area contributed by atoms with Crippen LogP contribution in [0.2, 0.25) is 0 Å². The van der Waals surface area contributed by atoms with E-state index in [9.17, 15) is 9.59 Å². The summed E-state index contributed by atoms with van der Waals surface area (Å²) in [7, 11) is 0. The summed E-state index contributed by atoms with van der Waals surface area (Å²) in [5.41, 5.74) is 0.269. The number of nitrogens with zero attached hydrogens (tertiary/aromatic N) is 1. The SMILES string of the molecule is Cc1cc(C(=O)NCCCNC(=O)c2cccs2)no1. The fraction of sp³-hybridized carbons (Fsp3) is 0.308. The lowest BCUT2D eigenvalue weighted by molar-refractivity contribution is 0.0944. The van der Waals surface area contributed by atoms with E-state index in [1.807, 2.05) is 11.4 Å². The van der Waals surface area contributed by atoms with Crippen LogP contribution in [0.4, 0.5) is 0 Å². The monoisotopic (exact) mass is 293 g/mol. The molecule has 6 nitrogen and oxygen atoms in total. The zero-order valence-corrected chi connectivity index (χ0v) is 11.8. The van der Waals surface area contributed by atoms with Crippen LogP contribution in [-0.4, -0.2) is 30.1 Å². The molecule has 2 rings (SSSR count). The number of aromatic nitrogens is 1. The third-order valence-corrected chi connectivity index (χ3v) is 3.40. The maximum absolute atomic E-state index is 11.6. The maximum Gasteiger partial charge on any atom is 0.273 e. The Kier molecular flexibility index (Phi) is 4.89. The van der Waals surface area contributed by atoms with Gasteiger partial charge in [-0.1, -0.05) is 11.2 Å². The van der Waals surface area contributed by atoms with E-state index in [0.717, 1.165) is 0 Å². The molecule has 2 amide bonds. The van der Waals surface area contributed by atoms with Gasteiger partial charge in [0.2, 0.25) is 0 Å². The number of nitrogens with one attached hydrogen (secondary N) is 2. The fourth-order valence-electron chi connectivity index (χ4n) is 1.55. The summed E-state index contributed by atoms with van der Waals surface area (Å²) in [4.78, 5) is 23.9. The number of hydrogen-bond acceptors (Lipinski definition) is 5. The lowest BCUT2D eigenvalue weighted by Crippen LogP contribution is -2.29. The normalized spacial score (nSPS) is 10.2. The Hall–Kier alpha value is -2.15. The molecule has 2 heterocycles. The Labute approximate surface area is 120 Å². The van der Waals surface area contributed by atoms with E-state index in [4.69, 9.17) is 4.52 Å². The van der Waals surface area contributed by atoms with Gasteiger partial charge in [-0.05, 0) is 24.8 Å². The quantitative estimate of drug-likeness (QED) is 0.792. The molecule has 106 valence electrons. The summed E-state index contributed by atoms with van der Waals surface area (Å²) >= 11 is 1.40. The van der Waals surface area contributed by atoms with Gasteiger partial charge in [0.25, 0.3) is 11.8 Å². The van der Waals surface area contributed by atoms with E-state index in [1.165, 1.54) is 11.3 Å². The first-order valence-corrected chi connectivity index (χ1v) is 7.08. The van der Waals surface area contributed by atoms with Crippen molar-refractivity contribution in [1.82, 2.24) is 15.8 Å². The third kappa shape index (κ3) is 3.92. The smallest absolute Gasteiger partial charge is 0.273 e. The summed E-state index contributed by atoms with van der Waals surface area (Å²) in [5.74, 6) is 0.239. The van der Waals surface area contributed by atoms with Crippen molar-refractivity contribution in [3.63, 3.8) is 0 Å². The Morgan fingerprint density at radius 3 is 2.65 bits per heavy atom. The number of hydrogen-bond donors (Lipinski definition) is 2. The van der Waals surface area contributed by atoms with E-state index in [0.29, 0.717) is 30.1 Å². The van der Waals surface area contributed by atoms with E-state index in [1.54, 1.807) is 19.1 Å². The molecule has 0 spiro atoms. The highest BCUT2D eigenvalue weighted by Gasteiger charge is 2.10. The zero-order valence-electron chi connectivity index (χ0n) is 11.0. The van der Waals surface area contributed by atoms with Crippen LogP contribution in [0.5, 0.6) is 0 Å². The molecule has 0 aliphatic heterocycles. The van der Waals surface area contributed by atoms with Gasteiger partial charge in [0, 0.05) is 19.2 Å². The molecule has 0 aliphatic rings. The molecule has 0 atom stereocenters. The predicted molar refractivity (Wildman–Crippen MR) is 74.8 cm³/mol. The lowest BCUT2D eigenvalue weighted by atomic mass is 10.3. The highest BCUT2D eigenvalue weighted by molar-refractivity contribution is 7.12. The second-order valence-electron chi connectivity index (χ2n) is 4.17. The average molecular weight is 293 g/mol. The van der Waals surface area contributed by atoms with Gasteiger partial charge in [0.15, 0.2) is 5.69 Å². The Bertz CT molecular complexity index is 577. The number of carbonyl (C=O) groups is 2. The average Bonchev–Trinajstić information content (AvgIpc) is 3.08. The van der Waals surface area contributed by atoms with E-state index in [-0.39, 0.29) is 17.5 Å². The second-order valence-corrected chi connectivity index (χ2v) is 5.11. The van der Waals surface area contributed by atoms with Gasteiger partial charge in [0.1, 0.15) is 5.76 Å². The largest absolute Gasteiger partial charge is 0.361 e. The summed E-state index contributed by atoms with van der Waals surface area (Å²) in [5, 5.41) is 11.0. The van der Waals surface area contributed by atoms with Gasteiger partial charge in [-0.2, -0.15) is 0 Å². The third-order valence-electron chi connectivity index (χ3n) is 2.53. The Balaban J connectivity index is 1.62. The Morgan fingerprint density at radius 2 is 2.05 bits per heavy atom.